The van der Waals surface area contributed by atoms with Crippen LogP contribution in [0.25, 0.3) is 54.6 Å². The molecule has 1 aliphatic heterocycles. The van der Waals surface area contributed by atoms with Crippen molar-refractivity contribution in [2.75, 3.05) is 9.80 Å². The van der Waals surface area contributed by atoms with Crippen LogP contribution in [0.4, 0.5) is 34.1 Å². The molecule has 0 fully saturated rings. The quantitative estimate of drug-likeness (QED) is 0.151. The monoisotopic (exact) mass is 745 g/mol. The Labute approximate surface area is 336 Å². The summed E-state index contributed by atoms with van der Waals surface area (Å²) in [5.74, 6) is 0. The first kappa shape index (κ1) is 33.2. The number of hydrogen-bond donors (Lipinski definition) is 0. The molecule has 10 aromatic rings. The van der Waals surface area contributed by atoms with Gasteiger partial charge in [-0.15, -0.1) is 0 Å². The predicted octanol–water partition coefficient (Wildman–Crippen LogP) is 15.3. The summed E-state index contributed by atoms with van der Waals surface area (Å²) in [6, 6.07) is 72.5. The second-order valence-corrected chi connectivity index (χ2v) is 15.5. The first-order chi connectivity index (χ1) is 28.3. The highest BCUT2D eigenvalue weighted by Gasteiger charge is 2.24. The number of rotatable bonds is 7. The lowest BCUT2D eigenvalue weighted by atomic mass is 9.92. The van der Waals surface area contributed by atoms with Crippen molar-refractivity contribution in [1.82, 2.24) is 4.98 Å². The van der Waals surface area contributed by atoms with Crippen LogP contribution in [0, 0.1) is 0 Å². The predicted molar refractivity (Wildman–Crippen MR) is 241 cm³/mol. The third kappa shape index (κ3) is 5.81. The molecule has 0 N–H and O–H groups in total. The molecule has 0 aliphatic carbocycles. The van der Waals surface area contributed by atoms with Crippen LogP contribution in [0.3, 0.4) is 0 Å². The van der Waals surface area contributed by atoms with Crippen LogP contribution in [0.15, 0.2) is 222 Å². The first-order valence-corrected chi connectivity index (χ1v) is 20.1. The molecule has 0 amide bonds. The molecule has 268 valence electrons. The Balaban J connectivity index is 1.05. The Morgan fingerprint density at radius 2 is 1.07 bits per heavy atom. The zero-order chi connectivity index (χ0) is 37.7. The molecule has 9 aromatic carbocycles. The van der Waals surface area contributed by atoms with Gasteiger partial charge in [0.05, 0.1) is 17.6 Å². The number of aromatic nitrogens is 1. The first-order valence-electron chi connectivity index (χ1n) is 19.3. The second kappa shape index (κ2) is 13.9. The minimum Gasteiger partial charge on any atom is -0.310 e. The molecular weight excluding hydrogens is 711 g/mol. The van der Waals surface area contributed by atoms with Crippen LogP contribution >= 0.6 is 11.8 Å². The van der Waals surface area contributed by atoms with Gasteiger partial charge in [0.25, 0.3) is 0 Å². The number of para-hydroxylation sites is 2. The normalized spacial score (nSPS) is 11.8. The number of anilines is 6. The summed E-state index contributed by atoms with van der Waals surface area (Å²) in [6.07, 6.45) is 3.78. The molecule has 0 saturated heterocycles. The summed E-state index contributed by atoms with van der Waals surface area (Å²) in [5, 5.41) is 7.47. The number of fused-ring (bicyclic) bond motifs is 5. The molecule has 0 radical (unpaired) electrons. The maximum atomic E-state index is 4.55. The second-order valence-electron chi connectivity index (χ2n) is 14.4. The molecule has 57 heavy (non-hydrogen) atoms. The minimum atomic E-state index is 1.01. The average Bonchev–Trinajstić information content (AvgIpc) is 3.28. The zero-order valence-electron chi connectivity index (χ0n) is 31.0. The Bertz CT molecular complexity index is 3110. The molecule has 0 bridgehead atoms. The highest BCUT2D eigenvalue weighted by molar-refractivity contribution is 7.99. The van der Waals surface area contributed by atoms with E-state index in [2.05, 4.69) is 209 Å². The molecule has 2 heterocycles. The highest BCUT2D eigenvalue weighted by Crippen LogP contribution is 2.52. The maximum absolute atomic E-state index is 4.55. The fraction of sp³-hybridized carbons (Fsp3) is 0. The van der Waals surface area contributed by atoms with Gasteiger partial charge in [-0.1, -0.05) is 133 Å². The van der Waals surface area contributed by atoms with E-state index in [4.69, 9.17) is 0 Å². The summed E-state index contributed by atoms with van der Waals surface area (Å²) < 4.78 is 0. The van der Waals surface area contributed by atoms with Crippen LogP contribution in [-0.2, 0) is 0 Å². The summed E-state index contributed by atoms with van der Waals surface area (Å²) >= 11 is 1.87. The van der Waals surface area contributed by atoms with Gasteiger partial charge in [-0.2, -0.15) is 0 Å². The van der Waals surface area contributed by atoms with E-state index >= 15 is 0 Å². The molecule has 0 unspecified atom stereocenters. The lowest BCUT2D eigenvalue weighted by molar-refractivity contribution is 1.23. The van der Waals surface area contributed by atoms with Crippen molar-refractivity contribution in [2.45, 2.75) is 9.79 Å². The Morgan fingerprint density at radius 3 is 1.91 bits per heavy atom. The van der Waals surface area contributed by atoms with E-state index in [-0.39, 0.29) is 0 Å². The van der Waals surface area contributed by atoms with E-state index in [1.165, 1.54) is 58.8 Å². The fourth-order valence-corrected chi connectivity index (χ4v) is 9.63. The standard InChI is InChI=1S/C53H35N3S/c1-3-14-37(15-4-1)45-20-9-10-22-50(45)56(44-19-12-30-54-35-44)42-27-25-39-32-49-46-29-28-43(34-52(46)57-51-23-11-21-47(53(49)51)48(39)33-42)55(40-17-5-2-6-18-40)41-26-24-36-13-7-8-16-38(36)31-41/h1-35H. The van der Waals surface area contributed by atoms with Crippen molar-refractivity contribution in [3.05, 3.63) is 213 Å². The molecular formula is C53H35N3S. The van der Waals surface area contributed by atoms with Crippen LogP contribution < -0.4 is 9.80 Å². The van der Waals surface area contributed by atoms with Gasteiger partial charge in [0.2, 0.25) is 0 Å². The minimum absolute atomic E-state index is 1.01. The van der Waals surface area contributed by atoms with Gasteiger partial charge >= 0.3 is 0 Å². The van der Waals surface area contributed by atoms with Crippen molar-refractivity contribution in [1.29, 1.82) is 0 Å². The highest BCUT2D eigenvalue weighted by atomic mass is 32.2. The van der Waals surface area contributed by atoms with Gasteiger partial charge in [0, 0.05) is 49.7 Å². The van der Waals surface area contributed by atoms with Crippen LogP contribution in [0.1, 0.15) is 0 Å². The molecule has 11 rings (SSSR count). The van der Waals surface area contributed by atoms with E-state index in [9.17, 15) is 0 Å². The third-order valence-electron chi connectivity index (χ3n) is 11.1. The Hall–Kier alpha value is -7.14. The molecule has 0 spiro atoms. The largest absolute Gasteiger partial charge is 0.310 e. The van der Waals surface area contributed by atoms with Gasteiger partial charge in [-0.25, -0.2) is 0 Å². The molecule has 1 aromatic heterocycles. The SMILES string of the molecule is c1ccc(-c2ccccc2N(c2cccnc2)c2ccc3cc4c5c(cccc5c3c2)Sc2cc(N(c3ccccc3)c3ccc5ccccc5c3)ccc2-4)cc1. The molecule has 0 saturated carbocycles. The lowest BCUT2D eigenvalue weighted by Gasteiger charge is -2.29. The molecule has 1 aliphatic rings. The van der Waals surface area contributed by atoms with Crippen molar-refractivity contribution in [3.63, 3.8) is 0 Å². The van der Waals surface area contributed by atoms with E-state index in [0.29, 0.717) is 0 Å². The molecule has 4 heteroatoms. The van der Waals surface area contributed by atoms with Crippen molar-refractivity contribution in [2.24, 2.45) is 0 Å². The number of hydrogen-bond acceptors (Lipinski definition) is 4. The average molecular weight is 746 g/mol. The van der Waals surface area contributed by atoms with E-state index in [1.54, 1.807) is 0 Å². The van der Waals surface area contributed by atoms with Gasteiger partial charge in [-0.05, 0) is 122 Å². The van der Waals surface area contributed by atoms with Crippen LogP contribution in [0.2, 0.25) is 0 Å². The maximum Gasteiger partial charge on any atom is 0.0645 e. The molecule has 3 nitrogen and oxygen atoms in total. The van der Waals surface area contributed by atoms with Crippen LogP contribution in [-0.4, -0.2) is 4.98 Å². The van der Waals surface area contributed by atoms with Gasteiger partial charge in [0.1, 0.15) is 0 Å². The van der Waals surface area contributed by atoms with Crippen molar-refractivity contribution >= 4 is 78.2 Å². The van der Waals surface area contributed by atoms with Crippen LogP contribution in [0.5, 0.6) is 0 Å². The smallest absolute Gasteiger partial charge is 0.0645 e. The number of benzene rings is 9. The fourth-order valence-electron chi connectivity index (χ4n) is 8.46. The molecule has 0 atom stereocenters. The Morgan fingerprint density at radius 1 is 0.368 bits per heavy atom. The zero-order valence-corrected chi connectivity index (χ0v) is 31.8. The van der Waals surface area contributed by atoms with Crippen molar-refractivity contribution in [3.8, 4) is 22.3 Å². The summed E-state index contributed by atoms with van der Waals surface area (Å²) in [4.78, 5) is 11.8. The van der Waals surface area contributed by atoms with Gasteiger partial charge < -0.3 is 9.80 Å². The van der Waals surface area contributed by atoms with E-state index in [0.717, 1.165) is 39.7 Å². The van der Waals surface area contributed by atoms with Gasteiger partial charge in [0.15, 0.2) is 0 Å². The summed E-state index contributed by atoms with van der Waals surface area (Å²) in [7, 11) is 0. The number of nitrogens with zero attached hydrogens (tertiary/aromatic N) is 3. The Kier molecular flexibility index (Phi) is 8.08. The summed E-state index contributed by atoms with van der Waals surface area (Å²) in [6.45, 7) is 0. The topological polar surface area (TPSA) is 19.4 Å². The lowest BCUT2D eigenvalue weighted by Crippen LogP contribution is -2.11. The van der Waals surface area contributed by atoms with Crippen molar-refractivity contribution < 1.29 is 0 Å². The van der Waals surface area contributed by atoms with Gasteiger partial charge in [-0.3, -0.25) is 4.98 Å². The third-order valence-corrected chi connectivity index (χ3v) is 12.2. The van der Waals surface area contributed by atoms with E-state index < -0.39 is 0 Å². The summed E-state index contributed by atoms with van der Waals surface area (Å²) in [5.41, 5.74) is 11.5. The number of pyridine rings is 1. The van der Waals surface area contributed by atoms with E-state index in [1.807, 2.05) is 30.2 Å².